The maximum absolute atomic E-state index is 12.5. The number of carbonyl (C=O) groups is 2. The van der Waals surface area contributed by atoms with Crippen molar-refractivity contribution in [1.82, 2.24) is 5.32 Å². The first-order valence-electron chi connectivity index (χ1n) is 8.12. The average molecular weight is 376 g/mol. The van der Waals surface area contributed by atoms with E-state index in [0.717, 1.165) is 11.1 Å². The molecule has 0 saturated heterocycles. The monoisotopic (exact) mass is 375 g/mol. The van der Waals surface area contributed by atoms with E-state index in [9.17, 15) is 9.59 Å². The molecule has 7 heteroatoms. The fraction of sp³-hybridized carbons (Fsp3) is 0.263. The zero-order valence-corrected chi connectivity index (χ0v) is 14.8. The van der Waals surface area contributed by atoms with E-state index >= 15 is 0 Å². The lowest BCUT2D eigenvalue weighted by molar-refractivity contribution is -0.139. The molecular formula is C19H18ClNO5. The van der Waals surface area contributed by atoms with E-state index in [4.69, 9.17) is 26.2 Å². The molecule has 1 heterocycles. The van der Waals surface area contributed by atoms with Crippen molar-refractivity contribution < 1.29 is 24.2 Å². The van der Waals surface area contributed by atoms with Gasteiger partial charge in [-0.2, -0.15) is 0 Å². The van der Waals surface area contributed by atoms with Crippen LogP contribution in [-0.2, 0) is 16.0 Å². The average Bonchev–Trinajstić information content (AvgIpc) is 3.03. The Morgan fingerprint density at radius 3 is 2.73 bits per heavy atom. The number of nitrogens with one attached hydrogen (secondary N) is 1. The second kappa shape index (κ2) is 7.66. The quantitative estimate of drug-likeness (QED) is 0.810. The topological polar surface area (TPSA) is 84.9 Å². The van der Waals surface area contributed by atoms with Gasteiger partial charge in [0, 0.05) is 11.4 Å². The number of halogens is 1. The third kappa shape index (κ3) is 4.26. The van der Waals surface area contributed by atoms with Crippen LogP contribution in [0.25, 0.3) is 0 Å². The standard InChI is InChI=1S/C19H18ClNO5/c1-11(12-2-5-15(6-3-12)25-10-18(22)23)21-19(24)17-9-13-8-14(20)4-7-16(13)26-17/h2-8,11,17H,9-10H2,1H3,(H,21,24)(H,22,23). The Kier molecular flexibility index (Phi) is 5.32. The molecule has 26 heavy (non-hydrogen) atoms. The van der Waals surface area contributed by atoms with Crippen LogP contribution in [0.2, 0.25) is 5.02 Å². The molecule has 2 atom stereocenters. The molecule has 2 aromatic carbocycles. The van der Waals surface area contributed by atoms with E-state index in [0.29, 0.717) is 22.9 Å². The molecule has 2 N–H and O–H groups in total. The smallest absolute Gasteiger partial charge is 0.341 e. The van der Waals surface area contributed by atoms with Crippen LogP contribution >= 0.6 is 11.6 Å². The summed E-state index contributed by atoms with van der Waals surface area (Å²) in [6.45, 7) is 1.47. The Balaban J connectivity index is 1.57. The molecule has 0 fully saturated rings. The van der Waals surface area contributed by atoms with Gasteiger partial charge in [-0.05, 0) is 48.4 Å². The van der Waals surface area contributed by atoms with Crippen LogP contribution in [-0.4, -0.2) is 29.7 Å². The molecule has 1 aliphatic heterocycles. The number of benzene rings is 2. The largest absolute Gasteiger partial charge is 0.482 e. The lowest BCUT2D eigenvalue weighted by Gasteiger charge is -2.18. The molecule has 136 valence electrons. The van der Waals surface area contributed by atoms with Crippen molar-refractivity contribution in [2.24, 2.45) is 0 Å². The highest BCUT2D eigenvalue weighted by atomic mass is 35.5. The molecule has 0 saturated carbocycles. The molecule has 2 aromatic rings. The highest BCUT2D eigenvalue weighted by Crippen LogP contribution is 2.31. The summed E-state index contributed by atoms with van der Waals surface area (Å²) in [5, 5.41) is 12.2. The van der Waals surface area contributed by atoms with Gasteiger partial charge in [0.1, 0.15) is 11.5 Å². The number of amides is 1. The Bertz CT molecular complexity index is 821. The van der Waals surface area contributed by atoms with Crippen LogP contribution in [0.1, 0.15) is 24.1 Å². The molecule has 3 rings (SSSR count). The van der Waals surface area contributed by atoms with E-state index in [1.165, 1.54) is 0 Å². The van der Waals surface area contributed by atoms with Crippen molar-refractivity contribution in [1.29, 1.82) is 0 Å². The number of hydrogen-bond acceptors (Lipinski definition) is 4. The maximum atomic E-state index is 12.5. The minimum Gasteiger partial charge on any atom is -0.482 e. The van der Waals surface area contributed by atoms with E-state index < -0.39 is 18.7 Å². The molecule has 0 aromatic heterocycles. The van der Waals surface area contributed by atoms with E-state index in [-0.39, 0.29) is 11.9 Å². The van der Waals surface area contributed by atoms with E-state index in [1.54, 1.807) is 36.4 Å². The lowest BCUT2D eigenvalue weighted by Crippen LogP contribution is -2.38. The van der Waals surface area contributed by atoms with Crippen LogP contribution in [0.3, 0.4) is 0 Å². The van der Waals surface area contributed by atoms with Crippen molar-refractivity contribution in [3.63, 3.8) is 0 Å². The predicted molar refractivity (Wildman–Crippen MR) is 95.7 cm³/mol. The van der Waals surface area contributed by atoms with Gasteiger partial charge in [0.2, 0.25) is 0 Å². The predicted octanol–water partition coefficient (Wildman–Crippen LogP) is 2.98. The van der Waals surface area contributed by atoms with Crippen LogP contribution in [0.15, 0.2) is 42.5 Å². The molecule has 0 bridgehead atoms. The maximum Gasteiger partial charge on any atom is 0.341 e. The number of fused-ring (bicyclic) bond motifs is 1. The number of rotatable bonds is 6. The summed E-state index contributed by atoms with van der Waals surface area (Å²) in [6.07, 6.45) is -0.0970. The minimum absolute atomic E-state index is 0.198. The number of ether oxygens (including phenoxy) is 2. The number of aliphatic carboxylic acids is 1. The minimum atomic E-state index is -1.03. The van der Waals surface area contributed by atoms with Crippen molar-refractivity contribution in [3.8, 4) is 11.5 Å². The summed E-state index contributed by atoms with van der Waals surface area (Å²) in [4.78, 5) is 23.0. The number of hydrogen-bond donors (Lipinski definition) is 2. The Labute approximate surface area is 155 Å². The highest BCUT2D eigenvalue weighted by Gasteiger charge is 2.30. The highest BCUT2D eigenvalue weighted by molar-refractivity contribution is 6.30. The SMILES string of the molecule is CC(NC(=O)C1Cc2cc(Cl)ccc2O1)c1ccc(OCC(=O)O)cc1. The van der Waals surface area contributed by atoms with Gasteiger partial charge >= 0.3 is 5.97 Å². The van der Waals surface area contributed by atoms with Crippen LogP contribution in [0.5, 0.6) is 11.5 Å². The van der Waals surface area contributed by atoms with Crippen LogP contribution in [0.4, 0.5) is 0 Å². The molecule has 0 aliphatic carbocycles. The van der Waals surface area contributed by atoms with Crippen molar-refractivity contribution >= 4 is 23.5 Å². The molecule has 0 radical (unpaired) electrons. The fourth-order valence-electron chi connectivity index (χ4n) is 2.75. The molecule has 2 unspecified atom stereocenters. The Morgan fingerprint density at radius 2 is 2.04 bits per heavy atom. The van der Waals surface area contributed by atoms with Gasteiger partial charge in [-0.15, -0.1) is 0 Å². The molecule has 6 nitrogen and oxygen atoms in total. The lowest BCUT2D eigenvalue weighted by atomic mass is 10.1. The van der Waals surface area contributed by atoms with Gasteiger partial charge in [-0.25, -0.2) is 4.79 Å². The van der Waals surface area contributed by atoms with Gasteiger partial charge in [0.25, 0.3) is 5.91 Å². The normalized spacial score (nSPS) is 16.3. The van der Waals surface area contributed by atoms with Gasteiger partial charge in [-0.1, -0.05) is 23.7 Å². The second-order valence-corrected chi connectivity index (χ2v) is 6.48. The fourth-order valence-corrected chi connectivity index (χ4v) is 2.95. The summed E-state index contributed by atoms with van der Waals surface area (Å²) in [6, 6.07) is 12.0. The number of carboxylic acids is 1. The molecule has 0 spiro atoms. The van der Waals surface area contributed by atoms with Gasteiger partial charge in [0.05, 0.1) is 6.04 Å². The third-order valence-corrected chi connectivity index (χ3v) is 4.33. The summed E-state index contributed by atoms with van der Waals surface area (Å²) in [5.74, 6) is -0.0900. The number of carboxylic acid groups (broad SMARTS) is 1. The summed E-state index contributed by atoms with van der Waals surface area (Å²) >= 11 is 5.97. The first kappa shape index (κ1) is 18.1. The van der Waals surface area contributed by atoms with E-state index in [2.05, 4.69) is 5.32 Å². The molecule has 1 amide bonds. The van der Waals surface area contributed by atoms with Crippen LogP contribution in [0, 0.1) is 0 Å². The van der Waals surface area contributed by atoms with Gasteiger partial charge < -0.3 is 19.9 Å². The van der Waals surface area contributed by atoms with Crippen molar-refractivity contribution in [2.45, 2.75) is 25.5 Å². The summed E-state index contributed by atoms with van der Waals surface area (Å²) < 4.78 is 10.8. The van der Waals surface area contributed by atoms with E-state index in [1.807, 2.05) is 13.0 Å². The van der Waals surface area contributed by atoms with Crippen molar-refractivity contribution in [2.75, 3.05) is 6.61 Å². The number of carbonyl (C=O) groups excluding carboxylic acids is 1. The first-order chi connectivity index (χ1) is 12.4. The van der Waals surface area contributed by atoms with Gasteiger partial charge in [-0.3, -0.25) is 4.79 Å². The second-order valence-electron chi connectivity index (χ2n) is 6.04. The summed E-state index contributed by atoms with van der Waals surface area (Å²) in [7, 11) is 0. The zero-order valence-electron chi connectivity index (χ0n) is 14.1. The summed E-state index contributed by atoms with van der Waals surface area (Å²) in [5.41, 5.74) is 1.80. The first-order valence-corrected chi connectivity index (χ1v) is 8.50. The van der Waals surface area contributed by atoms with Crippen LogP contribution < -0.4 is 14.8 Å². The Morgan fingerprint density at radius 1 is 1.31 bits per heavy atom. The molecular weight excluding hydrogens is 358 g/mol. The molecule has 1 aliphatic rings. The zero-order chi connectivity index (χ0) is 18.7. The Hall–Kier alpha value is -2.73. The van der Waals surface area contributed by atoms with Gasteiger partial charge in [0.15, 0.2) is 12.7 Å². The third-order valence-electron chi connectivity index (χ3n) is 4.09. The van der Waals surface area contributed by atoms with Crippen molar-refractivity contribution in [3.05, 3.63) is 58.6 Å².